The fraction of sp³-hybridized carbons (Fsp3) is 0.250. The Morgan fingerprint density at radius 3 is 2.19 bits per heavy atom. The Hall–Kier alpha value is -3.33. The maximum atomic E-state index is 11.8. The Morgan fingerprint density at radius 1 is 1.08 bits per heavy atom. The fourth-order valence-electron chi connectivity index (χ4n) is 2.31. The zero-order chi connectivity index (χ0) is 18.9. The van der Waals surface area contributed by atoms with Crippen molar-refractivity contribution in [1.82, 2.24) is 10.6 Å². The van der Waals surface area contributed by atoms with Crippen LogP contribution in [-0.4, -0.2) is 31.0 Å². The molecule has 134 valence electrons. The second-order valence-corrected chi connectivity index (χ2v) is 5.69. The number of benzene rings is 2. The average molecular weight is 351 g/mol. The van der Waals surface area contributed by atoms with Crippen molar-refractivity contribution in [1.29, 1.82) is 5.26 Å². The van der Waals surface area contributed by atoms with Gasteiger partial charge in [-0.25, -0.2) is 0 Å². The van der Waals surface area contributed by atoms with Gasteiger partial charge in [0.1, 0.15) is 11.8 Å². The van der Waals surface area contributed by atoms with Gasteiger partial charge in [0.2, 0.25) is 5.91 Å². The number of amides is 2. The SMILES string of the molecule is CCNC(=O)[C@H](C)NC(=O)COc1ccc(-c2ccc(C#N)cc2)cc1. The highest BCUT2D eigenvalue weighted by atomic mass is 16.5. The molecular formula is C20H21N3O3. The first-order chi connectivity index (χ1) is 12.5. The summed E-state index contributed by atoms with van der Waals surface area (Å²) in [6.45, 7) is 3.79. The highest BCUT2D eigenvalue weighted by Gasteiger charge is 2.14. The lowest BCUT2D eigenvalue weighted by atomic mass is 10.0. The van der Waals surface area contributed by atoms with Crippen LogP contribution in [0.3, 0.4) is 0 Å². The van der Waals surface area contributed by atoms with E-state index in [1.165, 1.54) is 0 Å². The van der Waals surface area contributed by atoms with Crippen LogP contribution in [0.5, 0.6) is 5.75 Å². The van der Waals surface area contributed by atoms with E-state index >= 15 is 0 Å². The van der Waals surface area contributed by atoms with Crippen molar-refractivity contribution in [2.45, 2.75) is 19.9 Å². The van der Waals surface area contributed by atoms with Crippen LogP contribution in [0, 0.1) is 11.3 Å². The number of hydrogen-bond donors (Lipinski definition) is 2. The van der Waals surface area contributed by atoms with E-state index in [0.29, 0.717) is 17.9 Å². The third-order valence-corrected chi connectivity index (χ3v) is 3.69. The molecule has 2 amide bonds. The van der Waals surface area contributed by atoms with Gasteiger partial charge in [0.05, 0.1) is 11.6 Å². The van der Waals surface area contributed by atoms with Crippen LogP contribution in [-0.2, 0) is 9.59 Å². The van der Waals surface area contributed by atoms with Gasteiger partial charge < -0.3 is 15.4 Å². The van der Waals surface area contributed by atoms with Crippen LogP contribution in [0.1, 0.15) is 19.4 Å². The van der Waals surface area contributed by atoms with Crippen molar-refractivity contribution in [2.24, 2.45) is 0 Å². The average Bonchev–Trinajstić information content (AvgIpc) is 2.67. The van der Waals surface area contributed by atoms with E-state index in [-0.39, 0.29) is 18.4 Å². The molecule has 2 N–H and O–H groups in total. The topological polar surface area (TPSA) is 91.2 Å². The lowest BCUT2D eigenvalue weighted by Crippen LogP contribution is -2.46. The Kier molecular flexibility index (Phi) is 6.75. The van der Waals surface area contributed by atoms with E-state index < -0.39 is 6.04 Å². The van der Waals surface area contributed by atoms with Crippen molar-refractivity contribution >= 4 is 11.8 Å². The first-order valence-corrected chi connectivity index (χ1v) is 8.34. The second kappa shape index (κ2) is 9.23. The predicted molar refractivity (Wildman–Crippen MR) is 98.4 cm³/mol. The molecule has 0 heterocycles. The van der Waals surface area contributed by atoms with Crippen LogP contribution in [0.25, 0.3) is 11.1 Å². The third-order valence-electron chi connectivity index (χ3n) is 3.69. The molecule has 0 radical (unpaired) electrons. The molecule has 0 saturated heterocycles. The molecule has 26 heavy (non-hydrogen) atoms. The first kappa shape index (κ1) is 19.0. The van der Waals surface area contributed by atoms with Gasteiger partial charge >= 0.3 is 0 Å². The molecule has 0 bridgehead atoms. The van der Waals surface area contributed by atoms with Crippen LogP contribution in [0.2, 0.25) is 0 Å². The van der Waals surface area contributed by atoms with E-state index in [9.17, 15) is 9.59 Å². The minimum atomic E-state index is -0.607. The van der Waals surface area contributed by atoms with E-state index in [1.54, 1.807) is 31.2 Å². The number of ether oxygens (including phenoxy) is 1. The predicted octanol–water partition coefficient (Wildman–Crippen LogP) is 2.24. The van der Waals surface area contributed by atoms with Gasteiger partial charge in [-0.15, -0.1) is 0 Å². The first-order valence-electron chi connectivity index (χ1n) is 8.34. The second-order valence-electron chi connectivity index (χ2n) is 5.69. The summed E-state index contributed by atoms with van der Waals surface area (Å²) in [4.78, 5) is 23.4. The zero-order valence-corrected chi connectivity index (χ0v) is 14.8. The number of nitrogens with one attached hydrogen (secondary N) is 2. The molecule has 0 fully saturated rings. The highest BCUT2D eigenvalue weighted by molar-refractivity contribution is 5.87. The molecule has 2 aromatic rings. The van der Waals surface area contributed by atoms with Crippen molar-refractivity contribution in [3.63, 3.8) is 0 Å². The maximum absolute atomic E-state index is 11.8. The van der Waals surface area contributed by atoms with Crippen molar-refractivity contribution < 1.29 is 14.3 Å². The quantitative estimate of drug-likeness (QED) is 0.800. The summed E-state index contributed by atoms with van der Waals surface area (Å²) in [6.07, 6.45) is 0. The summed E-state index contributed by atoms with van der Waals surface area (Å²) in [5.41, 5.74) is 2.58. The van der Waals surface area contributed by atoms with Gasteiger partial charge in [-0.1, -0.05) is 24.3 Å². The normalized spacial score (nSPS) is 11.1. The lowest BCUT2D eigenvalue weighted by Gasteiger charge is -2.13. The summed E-state index contributed by atoms with van der Waals surface area (Å²) in [6, 6.07) is 16.1. The number of nitrogens with zero attached hydrogens (tertiary/aromatic N) is 1. The maximum Gasteiger partial charge on any atom is 0.258 e. The van der Waals surface area contributed by atoms with Gasteiger partial charge in [-0.05, 0) is 49.2 Å². The van der Waals surface area contributed by atoms with Gasteiger partial charge in [0, 0.05) is 6.54 Å². The molecule has 0 aliphatic heterocycles. The molecule has 0 aliphatic carbocycles. The minimum Gasteiger partial charge on any atom is -0.484 e. The Labute approximate surface area is 152 Å². The molecule has 0 aliphatic rings. The molecule has 0 aromatic heterocycles. The number of nitriles is 1. The van der Waals surface area contributed by atoms with E-state index in [0.717, 1.165) is 11.1 Å². The molecule has 0 unspecified atom stereocenters. The van der Waals surface area contributed by atoms with Crippen LogP contribution in [0.4, 0.5) is 0 Å². The van der Waals surface area contributed by atoms with Crippen LogP contribution >= 0.6 is 0 Å². The number of carbonyl (C=O) groups excluding carboxylic acids is 2. The van der Waals surface area contributed by atoms with Gasteiger partial charge in [0.15, 0.2) is 6.61 Å². The molecule has 6 nitrogen and oxygen atoms in total. The Balaban J connectivity index is 1.88. The molecule has 6 heteroatoms. The van der Waals surface area contributed by atoms with Crippen molar-refractivity contribution in [3.8, 4) is 22.9 Å². The number of rotatable bonds is 7. The summed E-state index contributed by atoms with van der Waals surface area (Å²) in [7, 11) is 0. The molecule has 0 saturated carbocycles. The van der Waals surface area contributed by atoms with Gasteiger partial charge in [0.25, 0.3) is 5.91 Å². The summed E-state index contributed by atoms with van der Waals surface area (Å²) in [5.74, 6) is -0.0317. The lowest BCUT2D eigenvalue weighted by molar-refractivity contribution is -0.129. The van der Waals surface area contributed by atoms with E-state index in [4.69, 9.17) is 10.00 Å². The highest BCUT2D eigenvalue weighted by Crippen LogP contribution is 2.22. The van der Waals surface area contributed by atoms with E-state index in [2.05, 4.69) is 16.7 Å². The fourth-order valence-corrected chi connectivity index (χ4v) is 2.31. The zero-order valence-electron chi connectivity index (χ0n) is 14.8. The van der Waals surface area contributed by atoms with Crippen molar-refractivity contribution in [2.75, 3.05) is 13.2 Å². The molecule has 2 aromatic carbocycles. The minimum absolute atomic E-state index is 0.167. The van der Waals surface area contributed by atoms with Gasteiger partial charge in [-0.3, -0.25) is 9.59 Å². The number of hydrogen-bond acceptors (Lipinski definition) is 4. The molecular weight excluding hydrogens is 330 g/mol. The Morgan fingerprint density at radius 2 is 1.65 bits per heavy atom. The molecule has 0 spiro atoms. The van der Waals surface area contributed by atoms with E-state index in [1.807, 2.05) is 31.2 Å². The van der Waals surface area contributed by atoms with Crippen LogP contribution in [0.15, 0.2) is 48.5 Å². The standard InChI is InChI=1S/C20H21N3O3/c1-3-22-20(25)14(2)23-19(24)13-26-18-10-8-17(9-11-18)16-6-4-15(12-21)5-7-16/h4-11,14H,3,13H2,1-2H3,(H,22,25)(H,23,24)/t14-/m0/s1. The Bertz CT molecular complexity index is 793. The number of carbonyl (C=O) groups is 2. The molecule has 2 rings (SSSR count). The van der Waals surface area contributed by atoms with Gasteiger partial charge in [-0.2, -0.15) is 5.26 Å². The van der Waals surface area contributed by atoms with Crippen LogP contribution < -0.4 is 15.4 Å². The monoisotopic (exact) mass is 351 g/mol. The summed E-state index contributed by atoms with van der Waals surface area (Å²) in [5, 5.41) is 14.1. The number of likely N-dealkylation sites (N-methyl/N-ethyl adjacent to an activating group) is 1. The summed E-state index contributed by atoms with van der Waals surface area (Å²) >= 11 is 0. The largest absolute Gasteiger partial charge is 0.484 e. The third kappa shape index (κ3) is 5.35. The summed E-state index contributed by atoms with van der Waals surface area (Å²) < 4.78 is 5.45. The van der Waals surface area contributed by atoms with Crippen molar-refractivity contribution in [3.05, 3.63) is 54.1 Å². The molecule has 1 atom stereocenters. The smallest absolute Gasteiger partial charge is 0.258 e.